The summed E-state index contributed by atoms with van der Waals surface area (Å²) in [6.45, 7) is 21.3. The molecule has 0 heterocycles. The molecule has 0 aliphatic carbocycles. The largest absolute Gasteiger partial charge is 3.00 e. The molecule has 0 radical (unpaired) electrons. The van der Waals surface area contributed by atoms with E-state index in [9.17, 15) is 0 Å². The Kier molecular flexibility index (Phi) is 21.4. The quantitative estimate of drug-likeness (QED) is 0.0680. The van der Waals surface area contributed by atoms with Crippen LogP contribution in [0.4, 0.5) is 0 Å². The van der Waals surface area contributed by atoms with Gasteiger partial charge >= 0.3 is 16.8 Å². The van der Waals surface area contributed by atoms with Gasteiger partial charge in [-0.3, -0.25) is 0 Å². The van der Waals surface area contributed by atoms with Gasteiger partial charge in [0.05, 0.1) is 24.2 Å². The van der Waals surface area contributed by atoms with Crippen LogP contribution in [0.25, 0.3) is 0 Å². The Labute approximate surface area is 472 Å². The molecule has 9 aromatic rings. The van der Waals surface area contributed by atoms with Gasteiger partial charge in [0.1, 0.15) is 0 Å². The minimum Gasteiger partial charge on any atom is -0.779 e. The number of rotatable bonds is 12. The Morgan fingerprint density at radius 3 is 0.548 bits per heavy atom. The summed E-state index contributed by atoms with van der Waals surface area (Å²) in [5.41, 5.74) is 0. The van der Waals surface area contributed by atoms with Crippen molar-refractivity contribution in [2.45, 2.75) is 73.6 Å². The van der Waals surface area contributed by atoms with E-state index < -0.39 is 48.0 Å². The molecule has 0 bridgehead atoms. The van der Waals surface area contributed by atoms with E-state index in [0.29, 0.717) is 0 Å². The van der Waals surface area contributed by atoms with Crippen LogP contribution in [0.1, 0.15) is 0 Å². The molecule has 0 aliphatic rings. The van der Waals surface area contributed by atoms with Crippen molar-refractivity contribution in [3.05, 3.63) is 237 Å². The van der Waals surface area contributed by atoms with Crippen LogP contribution in [0.15, 0.2) is 251 Å². The number of hydrogen-bond donors (Lipinski definition) is 0. The second kappa shape index (κ2) is 26.7. The molecular weight excluding hydrogens is 1090 g/mol. The molecule has 10 heteroatoms. The van der Waals surface area contributed by atoms with E-state index in [1.165, 1.54) is 63.3 Å². The first-order valence-electron chi connectivity index (χ1n) is 24.6. The van der Waals surface area contributed by atoms with Crippen LogP contribution in [0, 0.1) is 0 Å². The molecule has 0 amide bonds. The molecule has 0 aromatic heterocycles. The van der Waals surface area contributed by atoms with Crippen LogP contribution in [0.2, 0.25) is 58.9 Å². The van der Waals surface area contributed by atoms with Crippen LogP contribution < -0.4 is 63.3 Å². The van der Waals surface area contributed by atoms with Gasteiger partial charge in [0, 0.05) is 0 Å². The van der Waals surface area contributed by atoms with Crippen molar-refractivity contribution in [2.24, 2.45) is 0 Å². The van der Waals surface area contributed by atoms with E-state index in [1.54, 1.807) is 0 Å². The molecule has 0 atom stereocenters. The fraction of sp³-hybridized carbons (Fsp3) is 0.143. The predicted molar refractivity (Wildman–Crippen MR) is 341 cm³/mol. The van der Waals surface area contributed by atoms with Crippen LogP contribution in [0.5, 0.6) is 0 Å². The molecule has 0 nitrogen and oxygen atoms in total. The maximum absolute atomic E-state index is 5.97. The van der Waals surface area contributed by atoms with Crippen molar-refractivity contribution in [1.82, 2.24) is 0 Å². The SMILES string of the molecule is C[Si](C)(C)c1cccc(P(c2ccccc2)c2ccccc2)c1[S-].C[Si](C)(C)c1cccc(P(c2ccccc2)c2ccccc2)c1[S-].C[Si](C)(C)c1cccc(P(c2ccccc2)c2ccccc2)c1[S-].[Co+3]. The van der Waals surface area contributed by atoms with E-state index in [1.807, 2.05) is 0 Å². The second-order valence-electron chi connectivity index (χ2n) is 20.7. The average Bonchev–Trinajstić information content (AvgIpc) is 3.37. The molecule has 0 aliphatic heterocycles. The summed E-state index contributed by atoms with van der Waals surface area (Å²) >= 11 is 17.9. The van der Waals surface area contributed by atoms with E-state index in [4.69, 9.17) is 37.9 Å². The molecular formula is C63H66CoP3S3Si3. The third-order valence-electron chi connectivity index (χ3n) is 12.2. The van der Waals surface area contributed by atoms with E-state index >= 15 is 0 Å². The standard InChI is InChI=1S/3C21H23PSSi.Co/c3*1-24(2,3)20-16-10-15-19(21(20)23)22(17-11-6-4-7-12-17)18-13-8-5-9-14-18;/h3*4-16,23H,1-3H3;/q;;;+3/p-3. The summed E-state index contributed by atoms with van der Waals surface area (Å²) in [5.74, 6) is 0. The third-order valence-corrected chi connectivity index (χ3v) is 28.1. The average molecular weight is 1160 g/mol. The Morgan fingerprint density at radius 1 is 0.233 bits per heavy atom. The van der Waals surface area contributed by atoms with Gasteiger partial charge in [0.15, 0.2) is 0 Å². The molecule has 0 N–H and O–H groups in total. The van der Waals surface area contributed by atoms with E-state index in [2.05, 4.69) is 296 Å². The van der Waals surface area contributed by atoms with Crippen molar-refractivity contribution >= 4 is 149 Å². The zero-order valence-electron chi connectivity index (χ0n) is 43.4. The molecule has 0 fully saturated rings. The fourth-order valence-corrected chi connectivity index (χ4v) is 24.2. The molecule has 0 spiro atoms. The van der Waals surface area contributed by atoms with Gasteiger partial charge in [-0.05, 0) is 71.5 Å². The number of benzene rings is 9. The van der Waals surface area contributed by atoms with E-state index in [-0.39, 0.29) is 16.8 Å². The van der Waals surface area contributed by atoms with Crippen molar-refractivity contribution in [2.75, 3.05) is 0 Å². The van der Waals surface area contributed by atoms with Crippen LogP contribution in [-0.2, 0) is 54.7 Å². The summed E-state index contributed by atoms with van der Waals surface area (Å²) in [7, 11) is -6.19. The Morgan fingerprint density at radius 2 is 0.397 bits per heavy atom. The summed E-state index contributed by atoms with van der Waals surface area (Å²) in [4.78, 5) is 3.24. The van der Waals surface area contributed by atoms with Crippen molar-refractivity contribution in [1.29, 1.82) is 0 Å². The second-order valence-corrected chi connectivity index (χ2v) is 43.6. The molecule has 0 unspecified atom stereocenters. The Hall–Kier alpha value is -3.91. The molecule has 73 heavy (non-hydrogen) atoms. The Bertz CT molecular complexity index is 2660. The van der Waals surface area contributed by atoms with Gasteiger partial charge in [-0.2, -0.15) is 14.7 Å². The first kappa shape index (κ1) is 58.4. The van der Waals surface area contributed by atoms with E-state index in [0.717, 1.165) is 14.7 Å². The van der Waals surface area contributed by atoms with Crippen LogP contribution in [-0.4, -0.2) is 24.2 Å². The predicted octanol–water partition coefficient (Wildman–Crippen LogP) is 11.7. The van der Waals surface area contributed by atoms with Gasteiger partial charge < -0.3 is 37.9 Å². The smallest absolute Gasteiger partial charge is 0.779 e. The topological polar surface area (TPSA) is 0 Å². The van der Waals surface area contributed by atoms with Crippen molar-refractivity contribution in [3.63, 3.8) is 0 Å². The minimum absolute atomic E-state index is 0. The third kappa shape index (κ3) is 15.2. The van der Waals surface area contributed by atoms with Gasteiger partial charge in [-0.15, -0.1) is 0 Å². The van der Waals surface area contributed by atoms with Gasteiger partial charge in [0.25, 0.3) is 0 Å². The fourth-order valence-electron chi connectivity index (χ4n) is 8.62. The Balaban J connectivity index is 0.000000177. The first-order chi connectivity index (χ1) is 34.4. The van der Waals surface area contributed by atoms with Crippen molar-refractivity contribution in [3.8, 4) is 0 Å². The maximum Gasteiger partial charge on any atom is 3.00 e. The van der Waals surface area contributed by atoms with Crippen LogP contribution in [0.3, 0.4) is 0 Å². The number of hydrogen-bond acceptors (Lipinski definition) is 3. The molecule has 0 saturated carbocycles. The monoisotopic (exact) mass is 1150 g/mol. The zero-order chi connectivity index (χ0) is 51.5. The molecule has 0 saturated heterocycles. The molecule has 9 rings (SSSR count). The summed E-state index contributed by atoms with van der Waals surface area (Å²) in [5, 5.41) is 16.3. The normalized spacial score (nSPS) is 11.5. The summed E-state index contributed by atoms with van der Waals surface area (Å²) in [6, 6.07) is 84.7. The van der Waals surface area contributed by atoms with Crippen molar-refractivity contribution < 1.29 is 16.8 Å². The summed E-state index contributed by atoms with van der Waals surface area (Å²) in [6.07, 6.45) is 0. The van der Waals surface area contributed by atoms with Gasteiger partial charge in [-0.1, -0.05) is 311 Å². The van der Waals surface area contributed by atoms with Gasteiger partial charge in [-0.25, -0.2) is 0 Å². The van der Waals surface area contributed by atoms with Crippen LogP contribution >= 0.6 is 23.8 Å². The maximum atomic E-state index is 5.97. The first-order valence-corrected chi connectivity index (χ1v) is 40.3. The summed E-state index contributed by atoms with van der Waals surface area (Å²) < 4.78 is 0. The minimum atomic E-state index is -1.45. The van der Waals surface area contributed by atoms with Gasteiger partial charge in [0.2, 0.25) is 0 Å². The molecule has 372 valence electrons. The zero-order valence-corrected chi connectivity index (χ0v) is 52.6. The molecule has 9 aromatic carbocycles.